The van der Waals surface area contributed by atoms with Crippen LogP contribution in [-0.2, 0) is 13.2 Å². The molecule has 2 aromatic heterocycles. The Kier molecular flexibility index (Phi) is 5.77. The third-order valence-corrected chi connectivity index (χ3v) is 4.94. The molecular weight excluding hydrogens is 365 g/mol. The molecule has 0 amide bonds. The van der Waals surface area contributed by atoms with Crippen LogP contribution >= 0.6 is 0 Å². The molecule has 0 atom stereocenters. The van der Waals surface area contributed by atoms with Gasteiger partial charge in [-0.3, -0.25) is 0 Å². The van der Waals surface area contributed by atoms with E-state index in [9.17, 15) is 4.39 Å². The van der Waals surface area contributed by atoms with E-state index in [1.165, 1.54) is 41.6 Å². The van der Waals surface area contributed by atoms with Crippen LogP contribution in [0.15, 0.2) is 36.5 Å². The van der Waals surface area contributed by atoms with Crippen LogP contribution in [0.4, 0.5) is 4.39 Å². The molecule has 7 nitrogen and oxygen atoms in total. The average molecular weight is 387 g/mol. The first kappa shape index (κ1) is 19.6. The molecule has 1 aromatic carbocycles. The van der Waals surface area contributed by atoms with Gasteiger partial charge in [0.05, 0.1) is 0 Å². The molecule has 3 aromatic rings. The predicted molar refractivity (Wildman–Crippen MR) is 101 cm³/mol. The van der Waals surface area contributed by atoms with Crippen LogP contribution in [0.5, 0.6) is 5.88 Å². The van der Waals surface area contributed by atoms with Gasteiger partial charge in [-0.15, -0.1) is 10.1 Å². The molecule has 28 heavy (non-hydrogen) atoms. The van der Waals surface area contributed by atoms with E-state index in [4.69, 9.17) is 20.1 Å². The zero-order valence-electron chi connectivity index (χ0n) is 15.8. The van der Waals surface area contributed by atoms with E-state index < -0.39 is 5.09 Å². The number of aryl methyl sites for hydroxylation is 1. The first-order valence-electron chi connectivity index (χ1n) is 9.01. The van der Waals surface area contributed by atoms with E-state index in [1.807, 2.05) is 0 Å². The number of aromatic nitrogens is 2. The predicted octanol–water partition coefficient (Wildman–Crippen LogP) is 4.43. The average Bonchev–Trinajstić information content (AvgIpc) is 3.44. The summed E-state index contributed by atoms with van der Waals surface area (Å²) in [6, 6.07) is 8.46. The Bertz CT molecular complexity index is 977. The molecular formula is C20H22FN3O4. The Morgan fingerprint density at radius 1 is 1.29 bits per heavy atom. The quantitative estimate of drug-likeness (QED) is 0.516. The summed E-state index contributed by atoms with van der Waals surface area (Å²) in [6.45, 7) is 5.75. The van der Waals surface area contributed by atoms with Crippen molar-refractivity contribution in [3.63, 3.8) is 0 Å². The smallest absolute Gasteiger partial charge is 0.291 e. The van der Waals surface area contributed by atoms with Gasteiger partial charge in [0.1, 0.15) is 17.9 Å². The maximum atomic E-state index is 13.0. The molecule has 2 heterocycles. The van der Waals surface area contributed by atoms with E-state index in [-0.39, 0.29) is 5.82 Å². The molecule has 0 saturated heterocycles. The van der Waals surface area contributed by atoms with Crippen molar-refractivity contribution in [3.05, 3.63) is 69.3 Å². The summed E-state index contributed by atoms with van der Waals surface area (Å²) >= 11 is 0. The zero-order chi connectivity index (χ0) is 20.3. The van der Waals surface area contributed by atoms with E-state index in [0.29, 0.717) is 12.5 Å². The SMILES string of the molecule is Cc1c(C)n(CC2CC2)c2c(OCc3ccc(F)cc3)nccc12.O=[N+]([O-])O. The largest absolute Gasteiger partial charge is 0.471 e. The third kappa shape index (κ3) is 4.57. The summed E-state index contributed by atoms with van der Waals surface area (Å²) in [5.74, 6) is 1.21. The van der Waals surface area contributed by atoms with E-state index in [0.717, 1.165) is 23.5 Å². The van der Waals surface area contributed by atoms with Gasteiger partial charge in [0.15, 0.2) is 0 Å². The number of nitrogens with zero attached hydrogens (tertiary/aromatic N) is 3. The number of hydrogen-bond donors (Lipinski definition) is 1. The van der Waals surface area contributed by atoms with Gasteiger partial charge in [-0.1, -0.05) is 12.1 Å². The molecule has 8 heteroatoms. The van der Waals surface area contributed by atoms with Gasteiger partial charge < -0.3 is 14.5 Å². The summed E-state index contributed by atoms with van der Waals surface area (Å²) in [5, 5.41) is 14.8. The highest BCUT2D eigenvalue weighted by atomic mass is 19.1. The fraction of sp³-hybridized carbons (Fsp3) is 0.350. The second-order valence-corrected chi connectivity index (χ2v) is 6.93. The Hall–Kier alpha value is -3.16. The van der Waals surface area contributed by atoms with Crippen LogP contribution in [-0.4, -0.2) is 19.8 Å². The van der Waals surface area contributed by atoms with Crippen LogP contribution in [0.3, 0.4) is 0 Å². The van der Waals surface area contributed by atoms with Crippen molar-refractivity contribution in [1.29, 1.82) is 0 Å². The third-order valence-electron chi connectivity index (χ3n) is 4.94. The van der Waals surface area contributed by atoms with Gasteiger partial charge in [-0.25, -0.2) is 9.37 Å². The Labute approximate surface area is 161 Å². The lowest BCUT2D eigenvalue weighted by atomic mass is 10.2. The monoisotopic (exact) mass is 387 g/mol. The van der Waals surface area contributed by atoms with Crippen molar-refractivity contribution in [3.8, 4) is 5.88 Å². The molecule has 1 fully saturated rings. The number of ether oxygens (including phenoxy) is 1. The standard InChI is InChI=1S/C20H21FN2O.HNO3/c1-13-14(2)23(11-15-3-4-15)19-18(13)9-10-22-20(19)24-12-16-5-7-17(21)8-6-16;2-1(3)4/h5-10,15H,3-4,11-12H2,1-2H3;(H,2,3,4). The Balaban J connectivity index is 0.000000516. The normalized spacial score (nSPS) is 13.1. The number of benzene rings is 1. The summed E-state index contributed by atoms with van der Waals surface area (Å²) in [4.78, 5) is 12.8. The van der Waals surface area contributed by atoms with Crippen molar-refractivity contribution in [2.24, 2.45) is 5.92 Å². The molecule has 1 aliphatic rings. The number of halogens is 1. The highest BCUT2D eigenvalue weighted by Gasteiger charge is 2.25. The summed E-state index contributed by atoms with van der Waals surface area (Å²) in [7, 11) is 0. The summed E-state index contributed by atoms with van der Waals surface area (Å²) < 4.78 is 21.4. The van der Waals surface area contributed by atoms with Crippen LogP contribution < -0.4 is 4.74 Å². The molecule has 0 spiro atoms. The topological polar surface area (TPSA) is 90.4 Å². The molecule has 148 valence electrons. The van der Waals surface area contributed by atoms with E-state index >= 15 is 0 Å². The first-order valence-corrected chi connectivity index (χ1v) is 9.01. The zero-order valence-corrected chi connectivity index (χ0v) is 15.8. The van der Waals surface area contributed by atoms with Crippen molar-refractivity contribution >= 4 is 10.9 Å². The maximum absolute atomic E-state index is 13.0. The molecule has 0 unspecified atom stereocenters. The second-order valence-electron chi connectivity index (χ2n) is 6.93. The van der Waals surface area contributed by atoms with Gasteiger partial charge in [0.25, 0.3) is 5.09 Å². The van der Waals surface area contributed by atoms with Gasteiger partial charge in [-0.2, -0.15) is 0 Å². The lowest BCUT2D eigenvalue weighted by Gasteiger charge is -2.11. The summed E-state index contributed by atoms with van der Waals surface area (Å²) in [5.41, 5.74) is 4.60. The van der Waals surface area contributed by atoms with Crippen LogP contribution in [0.2, 0.25) is 0 Å². The van der Waals surface area contributed by atoms with E-state index in [2.05, 4.69) is 29.5 Å². The minimum Gasteiger partial charge on any atom is -0.471 e. The molecule has 1 saturated carbocycles. The number of rotatable bonds is 5. The van der Waals surface area contributed by atoms with Gasteiger partial charge in [0, 0.05) is 23.8 Å². The second kappa shape index (κ2) is 8.24. The summed E-state index contributed by atoms with van der Waals surface area (Å²) in [6.07, 6.45) is 4.42. The van der Waals surface area contributed by atoms with Crippen molar-refractivity contribution < 1.29 is 19.4 Å². The minimum absolute atomic E-state index is 0.233. The van der Waals surface area contributed by atoms with Gasteiger partial charge in [-0.05, 0) is 61.9 Å². The highest BCUT2D eigenvalue weighted by molar-refractivity contribution is 5.88. The lowest BCUT2D eigenvalue weighted by molar-refractivity contribution is -0.742. The minimum atomic E-state index is -1.50. The van der Waals surface area contributed by atoms with Crippen LogP contribution in [0, 0.1) is 35.7 Å². The highest BCUT2D eigenvalue weighted by Crippen LogP contribution is 2.36. The fourth-order valence-electron chi connectivity index (χ4n) is 3.19. The Morgan fingerprint density at radius 2 is 1.93 bits per heavy atom. The van der Waals surface area contributed by atoms with Crippen molar-refractivity contribution in [1.82, 2.24) is 9.55 Å². The van der Waals surface area contributed by atoms with Crippen molar-refractivity contribution in [2.75, 3.05) is 0 Å². The van der Waals surface area contributed by atoms with Crippen molar-refractivity contribution in [2.45, 2.75) is 39.8 Å². The first-order chi connectivity index (χ1) is 13.4. The van der Waals surface area contributed by atoms with Crippen LogP contribution in [0.25, 0.3) is 10.9 Å². The van der Waals surface area contributed by atoms with Gasteiger partial charge in [0.2, 0.25) is 5.88 Å². The molecule has 1 aliphatic carbocycles. The lowest BCUT2D eigenvalue weighted by Crippen LogP contribution is -2.05. The van der Waals surface area contributed by atoms with Gasteiger partial charge >= 0.3 is 0 Å². The fourth-order valence-corrected chi connectivity index (χ4v) is 3.19. The molecule has 4 rings (SSSR count). The molecule has 0 bridgehead atoms. The Morgan fingerprint density at radius 3 is 2.54 bits per heavy atom. The number of hydrogen-bond acceptors (Lipinski definition) is 4. The molecule has 0 radical (unpaired) electrons. The van der Waals surface area contributed by atoms with Crippen LogP contribution in [0.1, 0.15) is 29.7 Å². The number of fused-ring (bicyclic) bond motifs is 1. The molecule has 1 N–H and O–H groups in total. The molecule has 0 aliphatic heterocycles. The van der Waals surface area contributed by atoms with E-state index in [1.54, 1.807) is 18.3 Å². The maximum Gasteiger partial charge on any atom is 0.291 e. The number of pyridine rings is 1.